The molecule has 0 fully saturated rings. The Bertz CT molecular complexity index is 502. The summed E-state index contributed by atoms with van der Waals surface area (Å²) < 4.78 is 5.69. The van der Waals surface area contributed by atoms with E-state index in [-0.39, 0.29) is 6.04 Å². The molecule has 0 aliphatic carbocycles. The van der Waals surface area contributed by atoms with Gasteiger partial charge in [-0.2, -0.15) is 0 Å². The van der Waals surface area contributed by atoms with Gasteiger partial charge < -0.3 is 10.5 Å². The molecule has 2 rings (SSSR count). The second-order valence-corrected chi connectivity index (χ2v) is 5.03. The summed E-state index contributed by atoms with van der Waals surface area (Å²) in [5.41, 5.74) is 11.0. The summed E-state index contributed by atoms with van der Waals surface area (Å²) in [7, 11) is 0. The van der Waals surface area contributed by atoms with Gasteiger partial charge in [0.05, 0.1) is 19.3 Å². The molecule has 0 radical (unpaired) electrons. The summed E-state index contributed by atoms with van der Waals surface area (Å²) in [5.74, 6) is 0. The van der Waals surface area contributed by atoms with Gasteiger partial charge in [0.25, 0.3) is 0 Å². The minimum Gasteiger partial charge on any atom is -0.375 e. The number of hydrogen-bond donors (Lipinski definition) is 1. The molecule has 2 aromatic carbocycles. The van der Waals surface area contributed by atoms with Gasteiger partial charge in [-0.25, -0.2) is 0 Å². The zero-order chi connectivity index (χ0) is 13.7. The van der Waals surface area contributed by atoms with Crippen LogP contribution in [0.4, 0.5) is 0 Å². The summed E-state index contributed by atoms with van der Waals surface area (Å²) in [6.45, 7) is 5.33. The first-order valence-electron chi connectivity index (χ1n) is 6.60. The van der Waals surface area contributed by atoms with Crippen LogP contribution >= 0.6 is 0 Å². The van der Waals surface area contributed by atoms with Gasteiger partial charge in [-0.1, -0.05) is 59.7 Å². The molecule has 0 bridgehead atoms. The highest BCUT2D eigenvalue weighted by Gasteiger charge is 2.07. The molecule has 0 saturated heterocycles. The van der Waals surface area contributed by atoms with Crippen molar-refractivity contribution in [2.24, 2.45) is 5.73 Å². The van der Waals surface area contributed by atoms with Crippen molar-refractivity contribution in [2.75, 3.05) is 6.61 Å². The highest BCUT2D eigenvalue weighted by Crippen LogP contribution is 2.16. The van der Waals surface area contributed by atoms with Gasteiger partial charge >= 0.3 is 0 Å². The van der Waals surface area contributed by atoms with Gasteiger partial charge in [0.15, 0.2) is 0 Å². The molecule has 19 heavy (non-hydrogen) atoms. The molecule has 0 amide bonds. The molecule has 2 N–H and O–H groups in total. The lowest BCUT2D eigenvalue weighted by atomic mass is 10.0. The van der Waals surface area contributed by atoms with Crippen LogP contribution in [0.3, 0.4) is 0 Å². The first-order chi connectivity index (χ1) is 9.15. The van der Waals surface area contributed by atoms with E-state index in [2.05, 4.69) is 44.2 Å². The molecule has 0 aliphatic heterocycles. The van der Waals surface area contributed by atoms with Crippen molar-refractivity contribution >= 4 is 0 Å². The molecule has 1 unspecified atom stereocenters. The Balaban J connectivity index is 1.89. The molecule has 100 valence electrons. The average molecular weight is 255 g/mol. The summed E-state index contributed by atoms with van der Waals surface area (Å²) in [6, 6.07) is 16.5. The topological polar surface area (TPSA) is 35.2 Å². The van der Waals surface area contributed by atoms with E-state index in [1.807, 2.05) is 18.2 Å². The summed E-state index contributed by atoms with van der Waals surface area (Å²) in [5, 5.41) is 0. The van der Waals surface area contributed by atoms with Crippen LogP contribution in [0.1, 0.15) is 28.3 Å². The Hall–Kier alpha value is -1.64. The zero-order valence-corrected chi connectivity index (χ0v) is 11.6. The Kier molecular flexibility index (Phi) is 4.72. The SMILES string of the molecule is Cc1cc(C)cc(C(N)COCc2ccccc2)c1. The highest BCUT2D eigenvalue weighted by molar-refractivity contribution is 5.30. The number of ether oxygens (including phenoxy) is 1. The predicted octanol–water partition coefficient (Wildman–Crippen LogP) is 3.52. The largest absolute Gasteiger partial charge is 0.375 e. The number of aryl methyl sites for hydroxylation is 2. The molecular formula is C17H21NO. The van der Waals surface area contributed by atoms with E-state index < -0.39 is 0 Å². The van der Waals surface area contributed by atoms with Gasteiger partial charge in [0, 0.05) is 0 Å². The van der Waals surface area contributed by atoms with Crippen molar-refractivity contribution < 1.29 is 4.74 Å². The van der Waals surface area contributed by atoms with E-state index in [1.165, 1.54) is 16.7 Å². The van der Waals surface area contributed by atoms with Gasteiger partial charge in [0.2, 0.25) is 0 Å². The lowest BCUT2D eigenvalue weighted by Crippen LogP contribution is -2.17. The van der Waals surface area contributed by atoms with E-state index in [9.17, 15) is 0 Å². The monoisotopic (exact) mass is 255 g/mol. The fourth-order valence-electron chi connectivity index (χ4n) is 2.20. The molecule has 0 saturated carbocycles. The fourth-order valence-corrected chi connectivity index (χ4v) is 2.20. The Labute approximate surface area is 115 Å². The van der Waals surface area contributed by atoms with Crippen molar-refractivity contribution in [2.45, 2.75) is 26.5 Å². The van der Waals surface area contributed by atoms with Crippen LogP contribution in [0.5, 0.6) is 0 Å². The van der Waals surface area contributed by atoms with Crippen molar-refractivity contribution in [3.63, 3.8) is 0 Å². The number of hydrogen-bond acceptors (Lipinski definition) is 2. The summed E-state index contributed by atoms with van der Waals surface area (Å²) in [6.07, 6.45) is 0. The second kappa shape index (κ2) is 6.50. The maximum Gasteiger partial charge on any atom is 0.0717 e. The fraction of sp³-hybridized carbons (Fsp3) is 0.294. The van der Waals surface area contributed by atoms with E-state index >= 15 is 0 Å². The van der Waals surface area contributed by atoms with E-state index in [0.717, 1.165) is 5.56 Å². The first kappa shape index (κ1) is 13.8. The zero-order valence-electron chi connectivity index (χ0n) is 11.6. The Morgan fingerprint density at radius 3 is 2.26 bits per heavy atom. The van der Waals surface area contributed by atoms with Crippen molar-refractivity contribution in [1.82, 2.24) is 0 Å². The molecule has 0 heterocycles. The van der Waals surface area contributed by atoms with Gasteiger partial charge in [-0.15, -0.1) is 0 Å². The molecule has 0 aromatic heterocycles. The van der Waals surface area contributed by atoms with Crippen molar-refractivity contribution in [3.8, 4) is 0 Å². The van der Waals surface area contributed by atoms with E-state index in [1.54, 1.807) is 0 Å². The van der Waals surface area contributed by atoms with E-state index in [0.29, 0.717) is 13.2 Å². The number of benzene rings is 2. The average Bonchev–Trinajstić information content (AvgIpc) is 2.38. The van der Waals surface area contributed by atoms with Crippen LogP contribution in [-0.2, 0) is 11.3 Å². The van der Waals surface area contributed by atoms with Crippen molar-refractivity contribution in [1.29, 1.82) is 0 Å². The molecule has 2 aromatic rings. The third kappa shape index (κ3) is 4.19. The third-order valence-corrected chi connectivity index (χ3v) is 3.08. The minimum atomic E-state index is -0.0673. The van der Waals surface area contributed by atoms with Crippen LogP contribution in [-0.4, -0.2) is 6.61 Å². The second-order valence-electron chi connectivity index (χ2n) is 5.03. The lowest BCUT2D eigenvalue weighted by molar-refractivity contribution is 0.108. The number of nitrogens with two attached hydrogens (primary N) is 1. The Morgan fingerprint density at radius 1 is 1.00 bits per heavy atom. The molecular weight excluding hydrogens is 234 g/mol. The lowest BCUT2D eigenvalue weighted by Gasteiger charge is -2.14. The van der Waals surface area contributed by atoms with Gasteiger partial charge in [0.1, 0.15) is 0 Å². The standard InChI is InChI=1S/C17H21NO/c1-13-8-14(2)10-16(9-13)17(18)12-19-11-15-6-4-3-5-7-15/h3-10,17H,11-12,18H2,1-2H3. The minimum absolute atomic E-state index is 0.0673. The molecule has 0 aliphatic rings. The molecule has 0 spiro atoms. The smallest absolute Gasteiger partial charge is 0.0717 e. The Morgan fingerprint density at radius 2 is 1.63 bits per heavy atom. The predicted molar refractivity (Wildman–Crippen MR) is 78.9 cm³/mol. The molecule has 2 heteroatoms. The summed E-state index contributed by atoms with van der Waals surface area (Å²) >= 11 is 0. The highest BCUT2D eigenvalue weighted by atomic mass is 16.5. The third-order valence-electron chi connectivity index (χ3n) is 3.08. The normalized spacial score (nSPS) is 12.4. The van der Waals surface area contributed by atoms with Crippen molar-refractivity contribution in [3.05, 3.63) is 70.8 Å². The molecule has 2 nitrogen and oxygen atoms in total. The van der Waals surface area contributed by atoms with Crippen LogP contribution in [0.2, 0.25) is 0 Å². The maximum absolute atomic E-state index is 6.17. The maximum atomic E-state index is 6.17. The quantitative estimate of drug-likeness (QED) is 0.887. The van der Waals surface area contributed by atoms with Crippen LogP contribution in [0, 0.1) is 13.8 Å². The van der Waals surface area contributed by atoms with E-state index in [4.69, 9.17) is 10.5 Å². The first-order valence-corrected chi connectivity index (χ1v) is 6.60. The van der Waals surface area contributed by atoms with Crippen LogP contribution < -0.4 is 5.73 Å². The van der Waals surface area contributed by atoms with Gasteiger partial charge in [-0.05, 0) is 25.0 Å². The van der Waals surface area contributed by atoms with Gasteiger partial charge in [-0.3, -0.25) is 0 Å². The number of rotatable bonds is 5. The summed E-state index contributed by atoms with van der Waals surface area (Å²) in [4.78, 5) is 0. The molecule has 1 atom stereocenters. The van der Waals surface area contributed by atoms with Crippen LogP contribution in [0.25, 0.3) is 0 Å². The van der Waals surface area contributed by atoms with Crippen LogP contribution in [0.15, 0.2) is 48.5 Å².